The summed E-state index contributed by atoms with van der Waals surface area (Å²) in [7, 11) is 0. The summed E-state index contributed by atoms with van der Waals surface area (Å²) < 4.78 is 11.2. The summed E-state index contributed by atoms with van der Waals surface area (Å²) in [5, 5.41) is 3.17. The second-order valence-corrected chi connectivity index (χ2v) is 5.20. The quantitative estimate of drug-likeness (QED) is 0.770. The number of ether oxygens (including phenoxy) is 2. The first-order valence-corrected chi connectivity index (χ1v) is 6.83. The first-order valence-electron chi connectivity index (χ1n) is 6.83. The van der Waals surface area contributed by atoms with Gasteiger partial charge >= 0.3 is 0 Å². The van der Waals surface area contributed by atoms with E-state index in [-0.39, 0.29) is 5.60 Å². The van der Waals surface area contributed by atoms with Crippen molar-refractivity contribution >= 4 is 5.82 Å². The molecule has 0 aliphatic rings. The number of hydrogen-bond acceptors (Lipinski definition) is 5. The number of nitrogens with zero attached hydrogens (tertiary/aromatic N) is 2. The lowest BCUT2D eigenvalue weighted by Crippen LogP contribution is -2.22. The van der Waals surface area contributed by atoms with E-state index in [2.05, 4.69) is 15.3 Å². The Morgan fingerprint density at radius 3 is 2.47 bits per heavy atom. The molecule has 5 heteroatoms. The van der Waals surface area contributed by atoms with Crippen molar-refractivity contribution in [3.05, 3.63) is 11.9 Å². The van der Waals surface area contributed by atoms with E-state index in [1.807, 2.05) is 40.7 Å². The maximum Gasteiger partial charge on any atom is 0.218 e. The van der Waals surface area contributed by atoms with E-state index in [1.165, 1.54) is 0 Å². The Hall–Kier alpha value is -1.36. The van der Waals surface area contributed by atoms with Crippen LogP contribution in [-0.2, 0) is 11.2 Å². The predicted octanol–water partition coefficient (Wildman–Crippen LogP) is 2.66. The van der Waals surface area contributed by atoms with Crippen LogP contribution in [0.4, 0.5) is 5.82 Å². The maximum absolute atomic E-state index is 5.61. The van der Waals surface area contributed by atoms with E-state index in [4.69, 9.17) is 9.47 Å². The molecule has 1 aromatic rings. The topological polar surface area (TPSA) is 56.3 Å². The summed E-state index contributed by atoms with van der Waals surface area (Å²) in [5.74, 6) is 2.19. The lowest BCUT2D eigenvalue weighted by atomic mass is 10.2. The van der Waals surface area contributed by atoms with Gasteiger partial charge in [0.05, 0.1) is 12.2 Å². The fraction of sp³-hybridized carbons (Fsp3) is 0.714. The van der Waals surface area contributed by atoms with Gasteiger partial charge in [0.1, 0.15) is 18.2 Å². The number of hydrogen-bond donors (Lipinski definition) is 1. The summed E-state index contributed by atoms with van der Waals surface area (Å²) in [6.45, 7) is 12.0. The van der Waals surface area contributed by atoms with Crippen LogP contribution in [0.2, 0.25) is 0 Å². The van der Waals surface area contributed by atoms with Crippen LogP contribution in [0.1, 0.15) is 40.4 Å². The maximum atomic E-state index is 5.61. The Labute approximate surface area is 115 Å². The van der Waals surface area contributed by atoms with Gasteiger partial charge in [0.15, 0.2) is 0 Å². The van der Waals surface area contributed by atoms with Crippen LogP contribution in [0.5, 0.6) is 5.88 Å². The highest BCUT2D eigenvalue weighted by Gasteiger charge is 2.10. The highest BCUT2D eigenvalue weighted by atomic mass is 16.5. The number of nitrogens with one attached hydrogen (secondary N) is 1. The van der Waals surface area contributed by atoms with Gasteiger partial charge in [-0.05, 0) is 27.7 Å². The van der Waals surface area contributed by atoms with E-state index in [0.717, 1.165) is 24.6 Å². The lowest BCUT2D eigenvalue weighted by molar-refractivity contribution is -0.0168. The SMILES string of the molecule is CCNc1cc(OCCOC(C)(C)C)nc(CC)n1. The zero-order valence-electron chi connectivity index (χ0n) is 12.6. The van der Waals surface area contributed by atoms with Gasteiger partial charge in [0.25, 0.3) is 0 Å². The van der Waals surface area contributed by atoms with Gasteiger partial charge in [0.2, 0.25) is 5.88 Å². The standard InChI is InChI=1S/C14H25N3O2/c1-6-11-16-12(15-7-2)10-13(17-11)18-8-9-19-14(3,4)5/h10H,6-9H2,1-5H3,(H,15,16,17). The van der Waals surface area contributed by atoms with E-state index < -0.39 is 0 Å². The number of aromatic nitrogens is 2. The van der Waals surface area contributed by atoms with Gasteiger partial charge in [0, 0.05) is 19.0 Å². The molecule has 0 unspecified atom stereocenters. The minimum Gasteiger partial charge on any atom is -0.475 e. The molecule has 1 N–H and O–H groups in total. The van der Waals surface area contributed by atoms with Crippen LogP contribution < -0.4 is 10.1 Å². The molecule has 1 heterocycles. The molecule has 0 saturated carbocycles. The van der Waals surface area contributed by atoms with Crippen LogP contribution in [0.15, 0.2) is 6.07 Å². The molecule has 0 radical (unpaired) electrons. The monoisotopic (exact) mass is 267 g/mol. The molecule has 0 aromatic carbocycles. The summed E-state index contributed by atoms with van der Waals surface area (Å²) >= 11 is 0. The van der Waals surface area contributed by atoms with Crippen molar-refractivity contribution in [2.45, 2.75) is 46.6 Å². The molecule has 0 saturated heterocycles. The molecule has 0 bridgehead atoms. The lowest BCUT2D eigenvalue weighted by Gasteiger charge is -2.19. The van der Waals surface area contributed by atoms with Crippen LogP contribution >= 0.6 is 0 Å². The number of aryl methyl sites for hydroxylation is 1. The number of rotatable bonds is 7. The second kappa shape index (κ2) is 7.28. The van der Waals surface area contributed by atoms with Crippen molar-refractivity contribution in [3.63, 3.8) is 0 Å². The summed E-state index contributed by atoms with van der Waals surface area (Å²) in [6, 6.07) is 1.82. The summed E-state index contributed by atoms with van der Waals surface area (Å²) in [5.41, 5.74) is -0.140. The Bertz CT molecular complexity index is 389. The molecule has 1 rings (SSSR count). The van der Waals surface area contributed by atoms with E-state index >= 15 is 0 Å². The molecule has 0 amide bonds. The van der Waals surface area contributed by atoms with Crippen molar-refractivity contribution in [2.75, 3.05) is 25.1 Å². The number of anilines is 1. The molecule has 0 fully saturated rings. The van der Waals surface area contributed by atoms with E-state index in [1.54, 1.807) is 0 Å². The Morgan fingerprint density at radius 1 is 1.16 bits per heavy atom. The molecule has 0 aliphatic heterocycles. The normalized spacial score (nSPS) is 11.4. The Balaban J connectivity index is 2.54. The van der Waals surface area contributed by atoms with Crippen LogP contribution in [0, 0.1) is 0 Å². The average molecular weight is 267 g/mol. The predicted molar refractivity (Wildman–Crippen MR) is 76.8 cm³/mol. The van der Waals surface area contributed by atoms with Crippen molar-refractivity contribution in [3.8, 4) is 5.88 Å². The third-order valence-electron chi connectivity index (χ3n) is 2.29. The smallest absolute Gasteiger partial charge is 0.218 e. The molecule has 1 aromatic heterocycles. The molecule has 0 spiro atoms. The van der Waals surface area contributed by atoms with Gasteiger partial charge < -0.3 is 14.8 Å². The minimum absolute atomic E-state index is 0.140. The van der Waals surface area contributed by atoms with Gasteiger partial charge in [-0.25, -0.2) is 4.98 Å². The highest BCUT2D eigenvalue weighted by Crippen LogP contribution is 2.14. The largest absolute Gasteiger partial charge is 0.475 e. The van der Waals surface area contributed by atoms with Crippen LogP contribution in [0.3, 0.4) is 0 Å². The zero-order valence-corrected chi connectivity index (χ0v) is 12.6. The first-order chi connectivity index (χ1) is 8.94. The third-order valence-corrected chi connectivity index (χ3v) is 2.29. The summed E-state index contributed by atoms with van der Waals surface area (Å²) in [4.78, 5) is 8.71. The Morgan fingerprint density at radius 2 is 1.89 bits per heavy atom. The van der Waals surface area contributed by atoms with Crippen molar-refractivity contribution in [1.29, 1.82) is 0 Å². The van der Waals surface area contributed by atoms with Gasteiger partial charge in [-0.15, -0.1) is 0 Å². The summed E-state index contributed by atoms with van der Waals surface area (Å²) in [6.07, 6.45) is 0.786. The van der Waals surface area contributed by atoms with Crippen LogP contribution in [-0.4, -0.2) is 35.3 Å². The molecule has 5 nitrogen and oxygen atoms in total. The molecular weight excluding hydrogens is 242 g/mol. The third kappa shape index (κ3) is 6.38. The van der Waals surface area contributed by atoms with Crippen molar-refractivity contribution in [1.82, 2.24) is 9.97 Å². The fourth-order valence-electron chi connectivity index (χ4n) is 1.47. The first kappa shape index (κ1) is 15.7. The zero-order chi connectivity index (χ0) is 14.3. The molecule has 0 atom stereocenters. The van der Waals surface area contributed by atoms with Crippen LogP contribution in [0.25, 0.3) is 0 Å². The molecule has 108 valence electrons. The fourth-order valence-corrected chi connectivity index (χ4v) is 1.47. The Kier molecular flexibility index (Phi) is 6.02. The molecule has 19 heavy (non-hydrogen) atoms. The van der Waals surface area contributed by atoms with Gasteiger partial charge in [-0.1, -0.05) is 6.92 Å². The van der Waals surface area contributed by atoms with E-state index in [0.29, 0.717) is 19.1 Å². The second-order valence-electron chi connectivity index (χ2n) is 5.20. The van der Waals surface area contributed by atoms with Gasteiger partial charge in [-0.2, -0.15) is 4.98 Å². The molecule has 0 aliphatic carbocycles. The minimum atomic E-state index is -0.140. The highest BCUT2D eigenvalue weighted by molar-refractivity contribution is 5.38. The van der Waals surface area contributed by atoms with Gasteiger partial charge in [-0.3, -0.25) is 0 Å². The van der Waals surface area contributed by atoms with E-state index in [9.17, 15) is 0 Å². The average Bonchev–Trinajstić information content (AvgIpc) is 2.34. The van der Waals surface area contributed by atoms with Crippen molar-refractivity contribution in [2.24, 2.45) is 0 Å². The van der Waals surface area contributed by atoms with Crippen molar-refractivity contribution < 1.29 is 9.47 Å². The molecular formula is C14H25N3O2.